The van der Waals surface area contributed by atoms with Gasteiger partial charge in [-0.3, -0.25) is 4.79 Å². The van der Waals surface area contributed by atoms with Gasteiger partial charge in [0.2, 0.25) is 0 Å². The van der Waals surface area contributed by atoms with Crippen LogP contribution in [0.15, 0.2) is 29.2 Å². The van der Waals surface area contributed by atoms with E-state index >= 15 is 0 Å². The molecule has 0 aliphatic carbocycles. The number of thioether (sulfide) groups is 1. The second-order valence-corrected chi connectivity index (χ2v) is 3.43. The number of carbonyl (C=O) groups is 1. The Kier molecular flexibility index (Phi) is 3.84. The third-order valence-corrected chi connectivity index (χ3v) is 2.37. The maximum atomic E-state index is 10.3. The summed E-state index contributed by atoms with van der Waals surface area (Å²) in [5.74, 6) is 0.695. The molecule has 1 aromatic rings. The van der Waals surface area contributed by atoms with Crippen molar-refractivity contribution < 1.29 is 9.90 Å². The van der Waals surface area contributed by atoms with Gasteiger partial charge < -0.3 is 5.11 Å². The maximum Gasteiger partial charge on any atom is 0.150 e. The van der Waals surface area contributed by atoms with Crippen molar-refractivity contribution in [2.75, 3.05) is 12.4 Å². The largest absolute Gasteiger partial charge is 0.396 e. The van der Waals surface area contributed by atoms with Crippen LogP contribution in [-0.2, 0) is 0 Å². The first-order valence-electron chi connectivity index (χ1n) is 3.65. The molecule has 0 saturated heterocycles. The highest BCUT2D eigenvalue weighted by Crippen LogP contribution is 2.16. The quantitative estimate of drug-likeness (QED) is 0.567. The Hall–Kier alpha value is -0.800. The molecule has 12 heavy (non-hydrogen) atoms. The maximum absolute atomic E-state index is 10.3. The predicted octanol–water partition coefficient (Wildman–Crippen LogP) is 1.58. The van der Waals surface area contributed by atoms with Gasteiger partial charge in [0.15, 0.2) is 0 Å². The number of rotatable bonds is 4. The van der Waals surface area contributed by atoms with Crippen molar-refractivity contribution in [2.24, 2.45) is 0 Å². The second kappa shape index (κ2) is 4.95. The van der Waals surface area contributed by atoms with Gasteiger partial charge in [-0.2, -0.15) is 0 Å². The third kappa shape index (κ3) is 2.68. The summed E-state index contributed by atoms with van der Waals surface area (Å²) in [6, 6.07) is 7.30. The fourth-order valence-corrected chi connectivity index (χ4v) is 1.46. The highest BCUT2D eigenvalue weighted by Gasteiger charge is 1.93. The van der Waals surface area contributed by atoms with Crippen molar-refractivity contribution in [3.63, 3.8) is 0 Å². The standard InChI is InChI=1S/C9H10O2S/c10-5-6-12-9-3-1-8(7-11)2-4-9/h1-4,7,10H,5-6H2. The molecule has 0 aliphatic heterocycles. The van der Waals surface area contributed by atoms with Crippen LogP contribution >= 0.6 is 11.8 Å². The fraction of sp³-hybridized carbons (Fsp3) is 0.222. The molecular weight excluding hydrogens is 172 g/mol. The van der Waals surface area contributed by atoms with E-state index in [0.717, 1.165) is 11.2 Å². The minimum Gasteiger partial charge on any atom is -0.396 e. The Bertz CT molecular complexity index is 243. The molecule has 0 heterocycles. The lowest BCUT2D eigenvalue weighted by Crippen LogP contribution is -1.85. The molecule has 64 valence electrons. The molecule has 0 spiro atoms. The van der Waals surface area contributed by atoms with Gasteiger partial charge in [0.05, 0.1) is 6.61 Å². The smallest absolute Gasteiger partial charge is 0.150 e. The van der Waals surface area contributed by atoms with Gasteiger partial charge in [0.1, 0.15) is 6.29 Å². The molecule has 0 aromatic heterocycles. The van der Waals surface area contributed by atoms with E-state index in [1.165, 1.54) is 0 Å². The summed E-state index contributed by atoms with van der Waals surface area (Å²) in [5.41, 5.74) is 0.684. The molecule has 0 radical (unpaired) electrons. The Morgan fingerprint density at radius 3 is 2.50 bits per heavy atom. The van der Waals surface area contributed by atoms with Crippen molar-refractivity contribution in [1.29, 1.82) is 0 Å². The second-order valence-electron chi connectivity index (χ2n) is 2.26. The van der Waals surface area contributed by atoms with Crippen molar-refractivity contribution >= 4 is 18.0 Å². The van der Waals surface area contributed by atoms with E-state index in [0.29, 0.717) is 11.3 Å². The fourth-order valence-electron chi connectivity index (χ4n) is 0.806. The molecule has 3 heteroatoms. The van der Waals surface area contributed by atoms with E-state index in [1.807, 2.05) is 12.1 Å². The van der Waals surface area contributed by atoms with Gasteiger partial charge in [-0.05, 0) is 12.1 Å². The lowest BCUT2D eigenvalue weighted by molar-refractivity contribution is 0.112. The van der Waals surface area contributed by atoms with E-state index < -0.39 is 0 Å². The van der Waals surface area contributed by atoms with Gasteiger partial charge in [-0.15, -0.1) is 11.8 Å². The van der Waals surface area contributed by atoms with Crippen molar-refractivity contribution in [3.05, 3.63) is 29.8 Å². The van der Waals surface area contributed by atoms with Crippen molar-refractivity contribution in [1.82, 2.24) is 0 Å². The van der Waals surface area contributed by atoms with Crippen LogP contribution in [0, 0.1) is 0 Å². The zero-order valence-corrected chi connectivity index (χ0v) is 7.38. The van der Waals surface area contributed by atoms with Crippen LogP contribution in [0.5, 0.6) is 0 Å². The molecule has 0 bridgehead atoms. The van der Waals surface area contributed by atoms with E-state index in [2.05, 4.69) is 0 Å². The highest BCUT2D eigenvalue weighted by atomic mass is 32.2. The molecule has 2 nitrogen and oxygen atoms in total. The lowest BCUT2D eigenvalue weighted by atomic mass is 10.2. The van der Waals surface area contributed by atoms with Crippen molar-refractivity contribution in [3.8, 4) is 0 Å². The number of hydrogen-bond acceptors (Lipinski definition) is 3. The molecule has 1 rings (SSSR count). The van der Waals surface area contributed by atoms with Gasteiger partial charge in [-0.25, -0.2) is 0 Å². The van der Waals surface area contributed by atoms with E-state index in [4.69, 9.17) is 5.11 Å². The van der Waals surface area contributed by atoms with E-state index in [-0.39, 0.29) is 6.61 Å². The molecule has 1 N–H and O–H groups in total. The van der Waals surface area contributed by atoms with Crippen LogP contribution in [0.2, 0.25) is 0 Å². The number of carbonyl (C=O) groups excluding carboxylic acids is 1. The number of aldehydes is 1. The first-order chi connectivity index (χ1) is 5.86. The summed E-state index contributed by atoms with van der Waals surface area (Å²) >= 11 is 1.57. The van der Waals surface area contributed by atoms with Gasteiger partial charge in [0.25, 0.3) is 0 Å². The highest BCUT2D eigenvalue weighted by molar-refractivity contribution is 7.99. The van der Waals surface area contributed by atoms with Gasteiger partial charge in [-0.1, -0.05) is 12.1 Å². The zero-order valence-electron chi connectivity index (χ0n) is 6.56. The van der Waals surface area contributed by atoms with Crippen molar-refractivity contribution in [2.45, 2.75) is 4.90 Å². The van der Waals surface area contributed by atoms with Crippen LogP contribution in [0.1, 0.15) is 10.4 Å². The van der Waals surface area contributed by atoms with E-state index in [9.17, 15) is 4.79 Å². The minimum absolute atomic E-state index is 0.181. The Morgan fingerprint density at radius 2 is 2.00 bits per heavy atom. The first-order valence-corrected chi connectivity index (χ1v) is 4.64. The first kappa shape index (κ1) is 9.29. The summed E-state index contributed by atoms with van der Waals surface area (Å²) in [4.78, 5) is 11.4. The molecule has 0 aliphatic rings. The number of aliphatic hydroxyl groups is 1. The summed E-state index contributed by atoms with van der Waals surface area (Å²) in [5, 5.41) is 8.55. The average molecular weight is 182 g/mol. The Balaban J connectivity index is 2.58. The SMILES string of the molecule is O=Cc1ccc(SCCO)cc1. The molecule has 0 amide bonds. The molecule has 0 fully saturated rings. The van der Waals surface area contributed by atoms with Crippen LogP contribution in [0.3, 0.4) is 0 Å². The van der Waals surface area contributed by atoms with Crippen LogP contribution in [0.25, 0.3) is 0 Å². The van der Waals surface area contributed by atoms with Gasteiger partial charge in [0, 0.05) is 16.2 Å². The van der Waals surface area contributed by atoms with E-state index in [1.54, 1.807) is 23.9 Å². The molecular formula is C9H10O2S. The number of aliphatic hydroxyl groups excluding tert-OH is 1. The Morgan fingerprint density at radius 1 is 1.33 bits per heavy atom. The lowest BCUT2D eigenvalue weighted by Gasteiger charge is -1.98. The monoisotopic (exact) mass is 182 g/mol. The normalized spacial score (nSPS) is 9.75. The van der Waals surface area contributed by atoms with Crippen LogP contribution in [0.4, 0.5) is 0 Å². The minimum atomic E-state index is 0.181. The van der Waals surface area contributed by atoms with Crippen LogP contribution < -0.4 is 0 Å². The van der Waals surface area contributed by atoms with Gasteiger partial charge >= 0.3 is 0 Å². The summed E-state index contributed by atoms with van der Waals surface area (Å²) < 4.78 is 0. The molecule has 0 atom stereocenters. The third-order valence-electron chi connectivity index (χ3n) is 1.38. The zero-order chi connectivity index (χ0) is 8.81. The Labute approximate surface area is 75.6 Å². The molecule has 1 aromatic carbocycles. The topological polar surface area (TPSA) is 37.3 Å². The number of benzene rings is 1. The molecule has 0 unspecified atom stereocenters. The molecule has 0 saturated carbocycles. The predicted molar refractivity (Wildman–Crippen MR) is 49.6 cm³/mol. The van der Waals surface area contributed by atoms with Crippen LogP contribution in [-0.4, -0.2) is 23.8 Å². The number of hydrogen-bond donors (Lipinski definition) is 1. The summed E-state index contributed by atoms with van der Waals surface area (Å²) in [6.07, 6.45) is 0.820. The average Bonchev–Trinajstić information content (AvgIpc) is 2.15. The summed E-state index contributed by atoms with van der Waals surface area (Å²) in [7, 11) is 0. The summed E-state index contributed by atoms with van der Waals surface area (Å²) in [6.45, 7) is 0.181.